The van der Waals surface area contributed by atoms with Gasteiger partial charge in [0.1, 0.15) is 5.75 Å². The van der Waals surface area contributed by atoms with E-state index in [-0.39, 0.29) is 30.4 Å². The fraction of sp³-hybridized carbons (Fsp3) is 0.556. The molecule has 0 aromatic heterocycles. The lowest BCUT2D eigenvalue weighted by Gasteiger charge is -2.25. The highest BCUT2D eigenvalue weighted by molar-refractivity contribution is 5.91. The van der Waals surface area contributed by atoms with E-state index in [1.165, 1.54) is 0 Å². The predicted molar refractivity (Wildman–Crippen MR) is 95.4 cm³/mol. The highest BCUT2D eigenvalue weighted by atomic mass is 16.5. The van der Waals surface area contributed by atoms with Gasteiger partial charge >= 0.3 is 0 Å². The fourth-order valence-corrected chi connectivity index (χ4v) is 2.16. The SMILES string of the molecule is CC[NH+](CC(=O)Nc1ccc(OC)cc1)CC(=O)NC(C)(C)CC. The molecule has 134 valence electrons. The van der Waals surface area contributed by atoms with Gasteiger partial charge in [-0.3, -0.25) is 9.59 Å². The lowest BCUT2D eigenvalue weighted by molar-refractivity contribution is -0.881. The molecule has 0 aliphatic rings. The second kappa shape index (κ2) is 9.27. The summed E-state index contributed by atoms with van der Waals surface area (Å²) in [5, 5.41) is 5.84. The Bertz CT molecular complexity index is 541. The molecule has 1 rings (SSSR count). The third-order valence-electron chi connectivity index (χ3n) is 4.06. The van der Waals surface area contributed by atoms with E-state index >= 15 is 0 Å². The number of anilines is 1. The molecule has 6 nitrogen and oxygen atoms in total. The molecule has 1 atom stereocenters. The lowest BCUT2D eigenvalue weighted by atomic mass is 10.0. The molecule has 24 heavy (non-hydrogen) atoms. The van der Waals surface area contributed by atoms with Crippen LogP contribution in [0, 0.1) is 0 Å². The van der Waals surface area contributed by atoms with E-state index in [2.05, 4.69) is 10.6 Å². The Labute approximate surface area is 144 Å². The van der Waals surface area contributed by atoms with Crippen molar-refractivity contribution in [3.8, 4) is 5.75 Å². The zero-order valence-corrected chi connectivity index (χ0v) is 15.4. The molecule has 0 aliphatic carbocycles. The summed E-state index contributed by atoms with van der Waals surface area (Å²) in [4.78, 5) is 25.2. The van der Waals surface area contributed by atoms with Crippen LogP contribution < -0.4 is 20.3 Å². The van der Waals surface area contributed by atoms with E-state index in [0.29, 0.717) is 12.2 Å². The molecule has 3 N–H and O–H groups in total. The van der Waals surface area contributed by atoms with Crippen molar-refractivity contribution >= 4 is 17.5 Å². The molecule has 1 aromatic carbocycles. The number of carbonyl (C=O) groups excluding carboxylic acids is 2. The Kier molecular flexibility index (Phi) is 7.71. The van der Waals surface area contributed by atoms with Crippen molar-refractivity contribution in [1.82, 2.24) is 5.32 Å². The summed E-state index contributed by atoms with van der Waals surface area (Å²) in [7, 11) is 1.60. The zero-order valence-electron chi connectivity index (χ0n) is 15.4. The third kappa shape index (κ3) is 7.00. The van der Waals surface area contributed by atoms with Crippen molar-refractivity contribution in [1.29, 1.82) is 0 Å². The van der Waals surface area contributed by atoms with Crippen LogP contribution in [0.15, 0.2) is 24.3 Å². The molecule has 1 aromatic rings. The molecule has 0 bridgehead atoms. The first-order valence-corrected chi connectivity index (χ1v) is 8.38. The number of carbonyl (C=O) groups is 2. The number of likely N-dealkylation sites (N-methyl/N-ethyl adjacent to an activating group) is 1. The van der Waals surface area contributed by atoms with Gasteiger partial charge in [-0.2, -0.15) is 0 Å². The number of hydrogen-bond donors (Lipinski definition) is 3. The molecule has 0 aliphatic heterocycles. The quantitative estimate of drug-likeness (QED) is 0.626. The Morgan fingerprint density at radius 3 is 2.17 bits per heavy atom. The van der Waals surface area contributed by atoms with Crippen LogP contribution in [0.2, 0.25) is 0 Å². The Hall–Kier alpha value is -2.08. The maximum Gasteiger partial charge on any atom is 0.279 e. The first kappa shape index (κ1) is 20.0. The zero-order chi connectivity index (χ0) is 18.2. The minimum atomic E-state index is -0.221. The van der Waals surface area contributed by atoms with Gasteiger partial charge in [-0.15, -0.1) is 0 Å². The number of amides is 2. The molecule has 0 fully saturated rings. The molecular formula is C18H30N3O3+. The van der Waals surface area contributed by atoms with Crippen molar-refractivity contribution < 1.29 is 19.2 Å². The maximum absolute atomic E-state index is 12.2. The van der Waals surface area contributed by atoms with Crippen LogP contribution in [-0.4, -0.2) is 44.1 Å². The van der Waals surface area contributed by atoms with E-state index in [9.17, 15) is 9.59 Å². The standard InChI is InChI=1S/C18H29N3O3/c1-6-18(3,4)20-17(23)13-21(7-2)12-16(22)19-14-8-10-15(24-5)11-9-14/h8-11H,6-7,12-13H2,1-5H3,(H,19,22)(H,20,23)/p+1. The number of methoxy groups -OCH3 is 1. The summed E-state index contributed by atoms with van der Waals surface area (Å²) in [5.74, 6) is 0.597. The van der Waals surface area contributed by atoms with Crippen LogP contribution >= 0.6 is 0 Å². The molecule has 0 heterocycles. The smallest absolute Gasteiger partial charge is 0.279 e. The number of rotatable bonds is 9. The first-order valence-electron chi connectivity index (χ1n) is 8.38. The van der Waals surface area contributed by atoms with E-state index in [0.717, 1.165) is 17.1 Å². The van der Waals surface area contributed by atoms with Gasteiger partial charge in [-0.1, -0.05) is 6.92 Å². The largest absolute Gasteiger partial charge is 0.497 e. The van der Waals surface area contributed by atoms with E-state index < -0.39 is 0 Å². The second-order valence-corrected chi connectivity index (χ2v) is 6.52. The van der Waals surface area contributed by atoms with Crippen LogP contribution in [-0.2, 0) is 9.59 Å². The number of quaternary nitrogens is 1. The van der Waals surface area contributed by atoms with Crippen molar-refractivity contribution in [3.63, 3.8) is 0 Å². The van der Waals surface area contributed by atoms with Crippen LogP contribution in [0.5, 0.6) is 5.75 Å². The molecule has 0 saturated heterocycles. The van der Waals surface area contributed by atoms with Gasteiger partial charge < -0.3 is 20.3 Å². The highest BCUT2D eigenvalue weighted by Crippen LogP contribution is 2.14. The molecule has 0 radical (unpaired) electrons. The van der Waals surface area contributed by atoms with Gasteiger partial charge in [0.15, 0.2) is 13.1 Å². The van der Waals surface area contributed by atoms with E-state index in [1.54, 1.807) is 31.4 Å². The number of nitrogens with one attached hydrogen (secondary N) is 3. The predicted octanol–water partition coefficient (Wildman–Crippen LogP) is 0.843. The minimum Gasteiger partial charge on any atom is -0.497 e. The molecule has 2 amide bonds. The molecule has 1 unspecified atom stereocenters. The van der Waals surface area contributed by atoms with Gasteiger partial charge in [-0.05, 0) is 51.5 Å². The van der Waals surface area contributed by atoms with Crippen LogP contribution in [0.25, 0.3) is 0 Å². The Morgan fingerprint density at radius 1 is 1.08 bits per heavy atom. The summed E-state index contributed by atoms with van der Waals surface area (Å²) < 4.78 is 5.09. The topological polar surface area (TPSA) is 71.9 Å². The Balaban J connectivity index is 2.51. The Morgan fingerprint density at radius 2 is 1.67 bits per heavy atom. The van der Waals surface area contributed by atoms with Crippen molar-refractivity contribution in [3.05, 3.63) is 24.3 Å². The lowest BCUT2D eigenvalue weighted by Crippen LogP contribution is -3.14. The molecule has 6 heteroatoms. The molecule has 0 saturated carbocycles. The van der Waals surface area contributed by atoms with Crippen molar-refractivity contribution in [2.24, 2.45) is 0 Å². The van der Waals surface area contributed by atoms with E-state index in [4.69, 9.17) is 4.74 Å². The van der Waals surface area contributed by atoms with Crippen molar-refractivity contribution in [2.45, 2.75) is 39.7 Å². The van der Waals surface area contributed by atoms with Gasteiger partial charge in [-0.25, -0.2) is 0 Å². The third-order valence-corrected chi connectivity index (χ3v) is 4.06. The summed E-state index contributed by atoms with van der Waals surface area (Å²) in [6.45, 7) is 9.23. The highest BCUT2D eigenvalue weighted by Gasteiger charge is 2.22. The number of benzene rings is 1. The summed E-state index contributed by atoms with van der Waals surface area (Å²) in [6, 6.07) is 7.17. The van der Waals surface area contributed by atoms with Gasteiger partial charge in [0.05, 0.1) is 13.7 Å². The van der Waals surface area contributed by atoms with Crippen LogP contribution in [0.1, 0.15) is 34.1 Å². The monoisotopic (exact) mass is 336 g/mol. The first-order chi connectivity index (χ1) is 11.3. The average molecular weight is 336 g/mol. The molecular weight excluding hydrogens is 306 g/mol. The summed E-state index contributed by atoms with van der Waals surface area (Å²) in [5.41, 5.74) is 0.495. The van der Waals surface area contributed by atoms with Crippen molar-refractivity contribution in [2.75, 3.05) is 32.1 Å². The van der Waals surface area contributed by atoms with Gasteiger partial charge in [0.2, 0.25) is 0 Å². The maximum atomic E-state index is 12.2. The fourth-order valence-electron chi connectivity index (χ4n) is 2.16. The molecule has 0 spiro atoms. The summed E-state index contributed by atoms with van der Waals surface area (Å²) >= 11 is 0. The van der Waals surface area contributed by atoms with Gasteiger partial charge in [0.25, 0.3) is 11.8 Å². The minimum absolute atomic E-state index is 0.0315. The second-order valence-electron chi connectivity index (χ2n) is 6.52. The van der Waals surface area contributed by atoms with Crippen LogP contribution in [0.3, 0.4) is 0 Å². The van der Waals surface area contributed by atoms with Gasteiger partial charge in [0, 0.05) is 11.2 Å². The summed E-state index contributed by atoms with van der Waals surface area (Å²) in [6.07, 6.45) is 0.859. The number of ether oxygens (including phenoxy) is 1. The van der Waals surface area contributed by atoms with Crippen LogP contribution in [0.4, 0.5) is 5.69 Å². The van der Waals surface area contributed by atoms with E-state index in [1.807, 2.05) is 27.7 Å². The average Bonchev–Trinajstić information content (AvgIpc) is 2.54. The number of hydrogen-bond acceptors (Lipinski definition) is 3. The normalized spacial score (nSPS) is 12.4.